The van der Waals surface area contributed by atoms with Crippen LogP contribution in [-0.4, -0.2) is 39.0 Å². The summed E-state index contributed by atoms with van der Waals surface area (Å²) in [5.74, 6) is -0.228. The minimum absolute atomic E-state index is 0.228. The molecule has 4 nitrogen and oxygen atoms in total. The molecule has 1 aromatic rings. The van der Waals surface area contributed by atoms with Crippen molar-refractivity contribution in [2.24, 2.45) is 0 Å². The normalized spacial score (nSPS) is 14.1. The van der Waals surface area contributed by atoms with Gasteiger partial charge in [0.1, 0.15) is 4.21 Å². The van der Waals surface area contributed by atoms with E-state index in [1.165, 1.54) is 11.3 Å². The Morgan fingerprint density at radius 1 is 1.64 bits per heavy atom. The summed E-state index contributed by atoms with van der Waals surface area (Å²) in [5.41, 5.74) is 0. The van der Waals surface area contributed by atoms with Crippen LogP contribution in [0.4, 0.5) is 0 Å². The highest BCUT2D eigenvalue weighted by Crippen LogP contribution is 2.17. The molecule has 1 atom stereocenters. The summed E-state index contributed by atoms with van der Waals surface area (Å²) < 4.78 is 23.5. The van der Waals surface area contributed by atoms with Crippen LogP contribution in [-0.2, 0) is 9.84 Å². The van der Waals surface area contributed by atoms with Crippen molar-refractivity contribution in [3.8, 4) is 0 Å². The zero-order valence-corrected chi connectivity index (χ0v) is 9.44. The first-order valence-electron chi connectivity index (χ1n) is 4.15. The summed E-state index contributed by atoms with van der Waals surface area (Å²) in [7, 11) is -1.64. The fraction of sp³-hybridized carbons (Fsp3) is 0.500. The van der Waals surface area contributed by atoms with E-state index in [4.69, 9.17) is 0 Å². The summed E-state index contributed by atoms with van der Waals surface area (Å²) in [6.07, 6.45) is -0.855. The molecular formula is C8H13NO3S2. The molecule has 1 unspecified atom stereocenters. The lowest BCUT2D eigenvalue weighted by Gasteiger charge is -2.08. The molecule has 0 amide bonds. The molecule has 0 bridgehead atoms. The lowest BCUT2D eigenvalue weighted by atomic mass is 10.4. The maximum atomic E-state index is 11.6. The smallest absolute Gasteiger partial charge is 0.190 e. The van der Waals surface area contributed by atoms with Crippen molar-refractivity contribution in [2.75, 3.05) is 19.3 Å². The SMILES string of the molecule is CNCC(O)CS(=O)(=O)c1cccs1. The van der Waals surface area contributed by atoms with Crippen molar-refractivity contribution in [3.63, 3.8) is 0 Å². The number of hydrogen-bond donors (Lipinski definition) is 2. The Bertz CT molecular complexity index is 358. The Hall–Kier alpha value is -0.430. The number of hydrogen-bond acceptors (Lipinski definition) is 5. The Kier molecular flexibility index (Phi) is 4.06. The van der Waals surface area contributed by atoms with Crippen molar-refractivity contribution >= 4 is 21.2 Å². The second-order valence-electron chi connectivity index (χ2n) is 2.93. The van der Waals surface area contributed by atoms with Gasteiger partial charge in [-0.1, -0.05) is 6.07 Å². The minimum atomic E-state index is -3.31. The van der Waals surface area contributed by atoms with Gasteiger partial charge in [-0.25, -0.2) is 8.42 Å². The molecule has 0 aromatic carbocycles. The Morgan fingerprint density at radius 2 is 2.36 bits per heavy atom. The first kappa shape index (κ1) is 11.6. The van der Waals surface area contributed by atoms with Gasteiger partial charge >= 0.3 is 0 Å². The molecular weight excluding hydrogens is 222 g/mol. The van der Waals surface area contributed by atoms with Gasteiger partial charge in [0, 0.05) is 6.54 Å². The van der Waals surface area contributed by atoms with Gasteiger partial charge in [0.05, 0.1) is 11.9 Å². The third-order valence-electron chi connectivity index (χ3n) is 1.65. The third-order valence-corrected chi connectivity index (χ3v) is 4.94. The minimum Gasteiger partial charge on any atom is -0.391 e. The maximum absolute atomic E-state index is 11.6. The molecule has 0 saturated heterocycles. The van der Waals surface area contributed by atoms with Crippen molar-refractivity contribution in [1.29, 1.82) is 0 Å². The molecule has 14 heavy (non-hydrogen) atoms. The predicted molar refractivity (Wildman–Crippen MR) is 56.3 cm³/mol. The van der Waals surface area contributed by atoms with Crippen LogP contribution in [0.3, 0.4) is 0 Å². The van der Waals surface area contributed by atoms with Crippen LogP contribution in [0.1, 0.15) is 0 Å². The predicted octanol–water partition coefficient (Wildman–Crippen LogP) is 0.102. The molecule has 0 aliphatic rings. The van der Waals surface area contributed by atoms with Crippen molar-refractivity contribution in [3.05, 3.63) is 17.5 Å². The second-order valence-corrected chi connectivity index (χ2v) is 6.13. The quantitative estimate of drug-likeness (QED) is 0.760. The molecule has 0 fully saturated rings. The lowest BCUT2D eigenvalue weighted by molar-refractivity contribution is 0.197. The fourth-order valence-corrected chi connectivity index (χ4v) is 3.55. The van der Waals surface area contributed by atoms with Crippen LogP contribution in [0, 0.1) is 0 Å². The number of likely N-dealkylation sites (N-methyl/N-ethyl adjacent to an activating group) is 1. The molecule has 80 valence electrons. The largest absolute Gasteiger partial charge is 0.391 e. The molecule has 0 spiro atoms. The molecule has 0 radical (unpaired) electrons. The molecule has 0 aliphatic carbocycles. The van der Waals surface area contributed by atoms with Gasteiger partial charge in [0.25, 0.3) is 0 Å². The van der Waals surface area contributed by atoms with Gasteiger partial charge in [-0.05, 0) is 18.5 Å². The highest BCUT2D eigenvalue weighted by molar-refractivity contribution is 7.93. The highest BCUT2D eigenvalue weighted by Gasteiger charge is 2.19. The van der Waals surface area contributed by atoms with E-state index in [9.17, 15) is 13.5 Å². The van der Waals surface area contributed by atoms with E-state index in [1.807, 2.05) is 0 Å². The fourth-order valence-electron chi connectivity index (χ4n) is 1.07. The first-order valence-corrected chi connectivity index (χ1v) is 6.68. The van der Waals surface area contributed by atoms with Crippen molar-refractivity contribution < 1.29 is 13.5 Å². The number of thiophene rings is 1. The second kappa shape index (κ2) is 4.88. The first-order chi connectivity index (χ1) is 6.56. The average Bonchev–Trinajstić information content (AvgIpc) is 2.54. The van der Waals surface area contributed by atoms with Crippen LogP contribution in [0.15, 0.2) is 21.7 Å². The van der Waals surface area contributed by atoms with Crippen molar-refractivity contribution in [1.82, 2.24) is 5.32 Å². The molecule has 0 aliphatic heterocycles. The summed E-state index contributed by atoms with van der Waals surface area (Å²) in [6.45, 7) is 0.282. The number of aliphatic hydroxyl groups excluding tert-OH is 1. The maximum Gasteiger partial charge on any atom is 0.190 e. The van der Waals surface area contributed by atoms with E-state index in [2.05, 4.69) is 5.32 Å². The van der Waals surface area contributed by atoms with Crippen LogP contribution >= 0.6 is 11.3 Å². The van der Waals surface area contributed by atoms with E-state index in [1.54, 1.807) is 24.6 Å². The summed E-state index contributed by atoms with van der Waals surface area (Å²) in [4.78, 5) is 0. The Labute approximate surface area is 87.5 Å². The number of rotatable bonds is 5. The van der Waals surface area contributed by atoms with Gasteiger partial charge < -0.3 is 10.4 Å². The standard InChI is InChI=1S/C8H13NO3S2/c1-9-5-7(10)6-14(11,12)8-3-2-4-13-8/h2-4,7,9-10H,5-6H2,1H3. The van der Waals surface area contributed by atoms with E-state index in [0.717, 1.165) is 0 Å². The van der Waals surface area contributed by atoms with Gasteiger partial charge in [0.2, 0.25) is 0 Å². The van der Waals surface area contributed by atoms with Gasteiger partial charge in [-0.2, -0.15) is 0 Å². The van der Waals surface area contributed by atoms with Crippen LogP contribution in [0.25, 0.3) is 0 Å². The van der Waals surface area contributed by atoms with Crippen LogP contribution < -0.4 is 5.32 Å². The van der Waals surface area contributed by atoms with E-state index in [0.29, 0.717) is 4.21 Å². The number of sulfone groups is 1. The highest BCUT2D eigenvalue weighted by atomic mass is 32.2. The molecule has 1 rings (SSSR count). The number of aliphatic hydroxyl groups is 1. The summed E-state index contributed by atoms with van der Waals surface area (Å²) in [6, 6.07) is 3.23. The van der Waals surface area contributed by atoms with E-state index >= 15 is 0 Å². The van der Waals surface area contributed by atoms with E-state index < -0.39 is 15.9 Å². The van der Waals surface area contributed by atoms with Gasteiger partial charge in [0.15, 0.2) is 9.84 Å². The van der Waals surface area contributed by atoms with Crippen molar-refractivity contribution in [2.45, 2.75) is 10.3 Å². The summed E-state index contributed by atoms with van der Waals surface area (Å²) in [5, 5.41) is 13.8. The number of nitrogens with one attached hydrogen (secondary N) is 1. The Morgan fingerprint density at radius 3 is 2.86 bits per heavy atom. The molecule has 0 saturated carbocycles. The zero-order valence-electron chi connectivity index (χ0n) is 7.80. The van der Waals surface area contributed by atoms with Crippen LogP contribution in [0.2, 0.25) is 0 Å². The lowest BCUT2D eigenvalue weighted by Crippen LogP contribution is -2.30. The molecule has 1 aromatic heterocycles. The topological polar surface area (TPSA) is 66.4 Å². The van der Waals surface area contributed by atoms with Gasteiger partial charge in [-0.15, -0.1) is 11.3 Å². The van der Waals surface area contributed by atoms with Gasteiger partial charge in [-0.3, -0.25) is 0 Å². The summed E-state index contributed by atoms with van der Waals surface area (Å²) >= 11 is 1.17. The monoisotopic (exact) mass is 235 g/mol. The molecule has 1 heterocycles. The molecule has 6 heteroatoms. The Balaban J connectivity index is 2.68. The third kappa shape index (κ3) is 3.06. The van der Waals surface area contributed by atoms with Crippen LogP contribution in [0.5, 0.6) is 0 Å². The average molecular weight is 235 g/mol. The van der Waals surface area contributed by atoms with E-state index in [-0.39, 0.29) is 12.3 Å². The zero-order chi connectivity index (χ0) is 10.6. The molecule has 2 N–H and O–H groups in total.